The third-order valence-corrected chi connectivity index (χ3v) is 3.77. The molecule has 1 unspecified atom stereocenters. The highest BCUT2D eigenvalue weighted by molar-refractivity contribution is 9.10. The summed E-state index contributed by atoms with van der Waals surface area (Å²) in [7, 11) is 0. The average Bonchev–Trinajstić information content (AvgIpc) is 2.88. The zero-order valence-electron chi connectivity index (χ0n) is 10.4. The molecule has 0 saturated carbocycles. The molecule has 0 aromatic carbocycles. The molecular formula is C13H17BrN2O2. The molecule has 1 aliphatic rings. The maximum Gasteiger partial charge on any atom is 0.273 e. The minimum Gasteiger partial charge on any atom is -0.381 e. The van der Waals surface area contributed by atoms with Crippen LogP contribution in [0.25, 0.3) is 0 Å². The first kappa shape index (κ1) is 13.5. The highest BCUT2D eigenvalue weighted by Crippen LogP contribution is 2.18. The lowest BCUT2D eigenvalue weighted by molar-refractivity contribution is 0.0724. The molecule has 0 spiro atoms. The Kier molecular flexibility index (Phi) is 4.72. The molecule has 5 heteroatoms. The number of carbonyl (C=O) groups excluding carboxylic acids is 1. The van der Waals surface area contributed by atoms with E-state index in [0.717, 1.165) is 30.7 Å². The summed E-state index contributed by atoms with van der Waals surface area (Å²) in [5, 5.41) is 0. The Morgan fingerprint density at radius 1 is 1.67 bits per heavy atom. The van der Waals surface area contributed by atoms with Gasteiger partial charge in [0.2, 0.25) is 0 Å². The van der Waals surface area contributed by atoms with Crippen LogP contribution < -0.4 is 0 Å². The number of halogens is 1. The minimum absolute atomic E-state index is 0.0168. The molecule has 1 aliphatic heterocycles. The number of hydrogen-bond donors (Lipinski definition) is 0. The van der Waals surface area contributed by atoms with Crippen LogP contribution in [0.4, 0.5) is 0 Å². The van der Waals surface area contributed by atoms with Crippen LogP contribution >= 0.6 is 15.9 Å². The zero-order chi connectivity index (χ0) is 13.0. The molecule has 98 valence electrons. The number of hydrogen-bond acceptors (Lipinski definition) is 3. The Bertz CT molecular complexity index is 419. The number of aromatic nitrogens is 1. The molecule has 4 nitrogen and oxygen atoms in total. The Morgan fingerprint density at radius 3 is 3.11 bits per heavy atom. The van der Waals surface area contributed by atoms with Gasteiger partial charge in [0, 0.05) is 36.3 Å². The molecular weight excluding hydrogens is 296 g/mol. The summed E-state index contributed by atoms with van der Waals surface area (Å²) in [5.41, 5.74) is 0.485. The van der Waals surface area contributed by atoms with Gasteiger partial charge in [-0.25, -0.2) is 4.98 Å². The summed E-state index contributed by atoms with van der Waals surface area (Å²) in [6, 6.07) is 3.65. The van der Waals surface area contributed by atoms with Gasteiger partial charge in [-0.05, 0) is 41.4 Å². The van der Waals surface area contributed by atoms with Crippen LogP contribution in [0.2, 0.25) is 0 Å². The van der Waals surface area contributed by atoms with Gasteiger partial charge in [0.25, 0.3) is 5.91 Å². The predicted octanol–water partition coefficient (Wildman–Crippen LogP) is 2.34. The van der Waals surface area contributed by atoms with Crippen molar-refractivity contribution in [2.45, 2.75) is 13.3 Å². The van der Waals surface area contributed by atoms with Crippen LogP contribution in [0.3, 0.4) is 0 Å². The van der Waals surface area contributed by atoms with E-state index in [1.807, 2.05) is 24.0 Å². The number of ether oxygens (including phenoxy) is 1. The molecule has 1 amide bonds. The standard InChI is InChI=1S/C13H17BrN2O2/c1-2-16(8-10-5-7-18-9-10)13(17)12-11(14)4-3-6-15-12/h3-4,6,10H,2,5,7-9H2,1H3. The van der Waals surface area contributed by atoms with Crippen LogP contribution in [0.15, 0.2) is 22.8 Å². The van der Waals surface area contributed by atoms with E-state index >= 15 is 0 Å². The number of nitrogens with zero attached hydrogens (tertiary/aromatic N) is 2. The van der Waals surface area contributed by atoms with Gasteiger partial charge in [-0.3, -0.25) is 4.79 Å². The quantitative estimate of drug-likeness (QED) is 0.857. The molecule has 1 aromatic heterocycles. The lowest BCUT2D eigenvalue weighted by Gasteiger charge is -2.23. The molecule has 1 aromatic rings. The van der Waals surface area contributed by atoms with E-state index in [4.69, 9.17) is 4.74 Å². The largest absolute Gasteiger partial charge is 0.381 e. The Labute approximate surface area is 115 Å². The van der Waals surface area contributed by atoms with Gasteiger partial charge in [0.05, 0.1) is 6.61 Å². The fourth-order valence-electron chi connectivity index (χ4n) is 2.09. The van der Waals surface area contributed by atoms with Gasteiger partial charge in [-0.2, -0.15) is 0 Å². The summed E-state index contributed by atoms with van der Waals surface area (Å²) in [6.07, 6.45) is 2.68. The SMILES string of the molecule is CCN(CC1CCOC1)C(=O)c1ncccc1Br. The van der Waals surface area contributed by atoms with Crippen molar-refractivity contribution in [3.8, 4) is 0 Å². The summed E-state index contributed by atoms with van der Waals surface area (Å²) >= 11 is 3.37. The van der Waals surface area contributed by atoms with Gasteiger partial charge in [-0.1, -0.05) is 0 Å². The van der Waals surface area contributed by atoms with E-state index in [0.29, 0.717) is 18.2 Å². The highest BCUT2D eigenvalue weighted by atomic mass is 79.9. The Balaban J connectivity index is 2.07. The topological polar surface area (TPSA) is 42.4 Å². The molecule has 1 saturated heterocycles. The van der Waals surface area contributed by atoms with E-state index in [2.05, 4.69) is 20.9 Å². The molecule has 1 atom stereocenters. The van der Waals surface area contributed by atoms with Gasteiger partial charge in [0.1, 0.15) is 5.69 Å². The third kappa shape index (κ3) is 3.09. The maximum atomic E-state index is 12.4. The first-order valence-electron chi connectivity index (χ1n) is 6.20. The van der Waals surface area contributed by atoms with Gasteiger partial charge < -0.3 is 9.64 Å². The molecule has 1 fully saturated rings. The number of carbonyl (C=O) groups is 1. The predicted molar refractivity (Wildman–Crippen MR) is 72.4 cm³/mol. The zero-order valence-corrected chi connectivity index (χ0v) is 12.0. The highest BCUT2D eigenvalue weighted by Gasteiger charge is 2.23. The third-order valence-electron chi connectivity index (χ3n) is 3.13. The minimum atomic E-state index is -0.0168. The summed E-state index contributed by atoms with van der Waals surface area (Å²) in [5.74, 6) is 0.438. The second-order valence-corrected chi connectivity index (χ2v) is 5.26. The van der Waals surface area contributed by atoms with Crippen molar-refractivity contribution in [3.05, 3.63) is 28.5 Å². The van der Waals surface area contributed by atoms with Crippen molar-refractivity contribution in [2.24, 2.45) is 5.92 Å². The van der Waals surface area contributed by atoms with Crippen molar-refractivity contribution < 1.29 is 9.53 Å². The molecule has 0 radical (unpaired) electrons. The van der Waals surface area contributed by atoms with Crippen molar-refractivity contribution >= 4 is 21.8 Å². The fraction of sp³-hybridized carbons (Fsp3) is 0.538. The van der Waals surface area contributed by atoms with Gasteiger partial charge in [0.15, 0.2) is 0 Å². The lowest BCUT2D eigenvalue weighted by Crippen LogP contribution is -2.36. The van der Waals surface area contributed by atoms with Gasteiger partial charge >= 0.3 is 0 Å². The number of amides is 1. The molecule has 2 heterocycles. The fourth-order valence-corrected chi connectivity index (χ4v) is 2.51. The summed E-state index contributed by atoms with van der Waals surface area (Å²) < 4.78 is 6.10. The normalized spacial score (nSPS) is 18.9. The van der Waals surface area contributed by atoms with Crippen molar-refractivity contribution in [3.63, 3.8) is 0 Å². The molecule has 0 N–H and O–H groups in total. The second kappa shape index (κ2) is 6.29. The van der Waals surface area contributed by atoms with E-state index in [-0.39, 0.29) is 5.91 Å². The molecule has 18 heavy (non-hydrogen) atoms. The van der Waals surface area contributed by atoms with E-state index in [1.165, 1.54) is 0 Å². The molecule has 0 aliphatic carbocycles. The summed E-state index contributed by atoms with van der Waals surface area (Å²) in [6.45, 7) is 5.00. The van der Waals surface area contributed by atoms with Crippen molar-refractivity contribution in [2.75, 3.05) is 26.3 Å². The van der Waals surface area contributed by atoms with Crippen LogP contribution in [0.5, 0.6) is 0 Å². The van der Waals surface area contributed by atoms with Crippen LogP contribution in [-0.4, -0.2) is 42.1 Å². The van der Waals surface area contributed by atoms with E-state index in [1.54, 1.807) is 6.20 Å². The van der Waals surface area contributed by atoms with Crippen molar-refractivity contribution in [1.82, 2.24) is 9.88 Å². The number of rotatable bonds is 4. The second-order valence-electron chi connectivity index (χ2n) is 4.41. The average molecular weight is 313 g/mol. The Morgan fingerprint density at radius 2 is 2.50 bits per heavy atom. The Hall–Kier alpha value is -0.940. The number of pyridine rings is 1. The van der Waals surface area contributed by atoms with Crippen molar-refractivity contribution in [1.29, 1.82) is 0 Å². The first-order chi connectivity index (χ1) is 8.72. The maximum absolute atomic E-state index is 12.4. The van der Waals surface area contributed by atoms with E-state index in [9.17, 15) is 4.79 Å². The first-order valence-corrected chi connectivity index (χ1v) is 6.99. The monoisotopic (exact) mass is 312 g/mol. The molecule has 0 bridgehead atoms. The van der Waals surface area contributed by atoms with Crippen LogP contribution in [0, 0.1) is 5.92 Å². The van der Waals surface area contributed by atoms with E-state index < -0.39 is 0 Å². The smallest absolute Gasteiger partial charge is 0.273 e. The van der Waals surface area contributed by atoms with Gasteiger partial charge in [-0.15, -0.1) is 0 Å². The van der Waals surface area contributed by atoms with Crippen LogP contribution in [0.1, 0.15) is 23.8 Å². The molecule has 2 rings (SSSR count). The summed E-state index contributed by atoms with van der Waals surface area (Å²) in [4.78, 5) is 18.4. The van der Waals surface area contributed by atoms with Crippen LogP contribution in [-0.2, 0) is 4.74 Å². The lowest BCUT2D eigenvalue weighted by atomic mass is 10.1.